The van der Waals surface area contributed by atoms with Gasteiger partial charge in [-0.3, -0.25) is 9.89 Å². The van der Waals surface area contributed by atoms with Crippen LogP contribution in [0.5, 0.6) is 0 Å². The fraction of sp³-hybridized carbons (Fsp3) is 0.167. The molecule has 0 radical (unpaired) electrons. The quantitative estimate of drug-likeness (QED) is 0.913. The summed E-state index contributed by atoms with van der Waals surface area (Å²) in [5.74, 6) is -0.115. The van der Waals surface area contributed by atoms with Crippen molar-refractivity contribution in [1.82, 2.24) is 15.5 Å². The van der Waals surface area contributed by atoms with Gasteiger partial charge in [0.2, 0.25) is 0 Å². The molecule has 0 atom stereocenters. The first-order valence-corrected chi connectivity index (χ1v) is 5.99. The average Bonchev–Trinajstić information content (AvgIpc) is 2.72. The van der Waals surface area contributed by atoms with Crippen molar-refractivity contribution < 1.29 is 4.79 Å². The highest BCUT2D eigenvalue weighted by molar-refractivity contribution is 9.10. The van der Waals surface area contributed by atoms with E-state index in [1.165, 1.54) is 6.20 Å². The lowest BCUT2D eigenvalue weighted by molar-refractivity contribution is 0.0950. The highest BCUT2D eigenvalue weighted by Gasteiger charge is 2.09. The monoisotopic (exact) mass is 293 g/mol. The van der Waals surface area contributed by atoms with Crippen molar-refractivity contribution in [3.05, 3.63) is 51.8 Å². The van der Waals surface area contributed by atoms with Gasteiger partial charge in [0.15, 0.2) is 0 Å². The Morgan fingerprint density at radius 3 is 3.00 bits per heavy atom. The van der Waals surface area contributed by atoms with Crippen molar-refractivity contribution in [2.75, 3.05) is 0 Å². The van der Waals surface area contributed by atoms with Crippen molar-refractivity contribution in [2.24, 2.45) is 0 Å². The molecule has 88 valence electrons. The van der Waals surface area contributed by atoms with Crippen LogP contribution in [0.3, 0.4) is 0 Å². The van der Waals surface area contributed by atoms with Crippen LogP contribution in [0.2, 0.25) is 0 Å². The number of nitrogens with zero attached hydrogens (tertiary/aromatic N) is 1. The normalized spacial score (nSPS) is 10.2. The third-order valence-corrected chi connectivity index (χ3v) is 2.91. The van der Waals surface area contributed by atoms with Gasteiger partial charge in [-0.15, -0.1) is 0 Å². The van der Waals surface area contributed by atoms with Crippen LogP contribution in [-0.4, -0.2) is 16.1 Å². The number of nitrogens with one attached hydrogen (secondary N) is 2. The molecule has 17 heavy (non-hydrogen) atoms. The number of aromatic amines is 1. The molecule has 0 saturated heterocycles. The molecule has 0 aliphatic heterocycles. The number of hydrogen-bond donors (Lipinski definition) is 2. The standard InChI is InChI=1S/C12H12BrN3O/c1-8-11(7-15-16-8)12(17)14-6-9-3-2-4-10(13)5-9/h2-5,7H,6H2,1H3,(H,14,17)(H,15,16). The molecule has 5 heteroatoms. The highest BCUT2D eigenvalue weighted by atomic mass is 79.9. The van der Waals surface area contributed by atoms with E-state index in [1.54, 1.807) is 0 Å². The summed E-state index contributed by atoms with van der Waals surface area (Å²) in [7, 11) is 0. The molecule has 1 heterocycles. The van der Waals surface area contributed by atoms with Crippen molar-refractivity contribution in [3.63, 3.8) is 0 Å². The zero-order valence-corrected chi connectivity index (χ0v) is 10.9. The average molecular weight is 294 g/mol. The van der Waals surface area contributed by atoms with E-state index in [0.29, 0.717) is 12.1 Å². The van der Waals surface area contributed by atoms with Crippen LogP contribution in [0.25, 0.3) is 0 Å². The summed E-state index contributed by atoms with van der Waals surface area (Å²) in [5, 5.41) is 9.41. The summed E-state index contributed by atoms with van der Waals surface area (Å²) in [5.41, 5.74) is 2.41. The minimum Gasteiger partial charge on any atom is -0.348 e. The van der Waals surface area contributed by atoms with Crippen LogP contribution >= 0.6 is 15.9 Å². The lowest BCUT2D eigenvalue weighted by atomic mass is 10.2. The van der Waals surface area contributed by atoms with E-state index in [9.17, 15) is 4.79 Å². The molecule has 0 fully saturated rings. The van der Waals surface area contributed by atoms with E-state index in [2.05, 4.69) is 31.4 Å². The number of H-pyrrole nitrogens is 1. The number of halogens is 1. The molecule has 0 spiro atoms. The molecule has 1 aromatic carbocycles. The van der Waals surface area contributed by atoms with Crippen molar-refractivity contribution in [2.45, 2.75) is 13.5 Å². The fourth-order valence-electron chi connectivity index (χ4n) is 1.50. The first kappa shape index (κ1) is 11.9. The molecule has 1 aromatic heterocycles. The third kappa shape index (κ3) is 2.94. The summed E-state index contributed by atoms with van der Waals surface area (Å²) in [6, 6.07) is 7.83. The van der Waals surface area contributed by atoms with Crippen LogP contribution in [0.1, 0.15) is 21.6 Å². The van der Waals surface area contributed by atoms with Crippen molar-refractivity contribution >= 4 is 21.8 Å². The molecule has 0 bridgehead atoms. The van der Waals surface area contributed by atoms with Gasteiger partial charge in [0.05, 0.1) is 11.8 Å². The Hall–Kier alpha value is -1.62. The Balaban J connectivity index is 1.99. The molecule has 0 aliphatic rings. The molecule has 2 rings (SSSR count). The van der Waals surface area contributed by atoms with Crippen LogP contribution in [0.4, 0.5) is 0 Å². The largest absolute Gasteiger partial charge is 0.348 e. The summed E-state index contributed by atoms with van der Waals surface area (Å²) in [6.07, 6.45) is 1.53. The second kappa shape index (κ2) is 5.14. The van der Waals surface area contributed by atoms with Crippen LogP contribution < -0.4 is 5.32 Å². The van der Waals surface area contributed by atoms with Crippen molar-refractivity contribution in [3.8, 4) is 0 Å². The summed E-state index contributed by atoms with van der Waals surface area (Å²) >= 11 is 3.39. The van der Waals surface area contributed by atoms with Gasteiger partial charge in [0, 0.05) is 16.7 Å². The minimum absolute atomic E-state index is 0.115. The van der Waals surface area contributed by atoms with Gasteiger partial charge >= 0.3 is 0 Å². The predicted molar refractivity (Wildman–Crippen MR) is 68.6 cm³/mol. The second-order valence-corrected chi connectivity index (χ2v) is 4.64. The fourth-order valence-corrected chi connectivity index (χ4v) is 1.95. The van der Waals surface area contributed by atoms with E-state index in [4.69, 9.17) is 0 Å². The molecule has 2 aromatic rings. The maximum Gasteiger partial charge on any atom is 0.255 e. The smallest absolute Gasteiger partial charge is 0.255 e. The molecular weight excluding hydrogens is 282 g/mol. The lowest BCUT2D eigenvalue weighted by Crippen LogP contribution is -2.23. The van der Waals surface area contributed by atoms with E-state index in [-0.39, 0.29) is 5.91 Å². The Morgan fingerprint density at radius 1 is 1.53 bits per heavy atom. The molecule has 4 nitrogen and oxygen atoms in total. The van der Waals surface area contributed by atoms with Gasteiger partial charge in [0.25, 0.3) is 5.91 Å². The van der Waals surface area contributed by atoms with Gasteiger partial charge in [-0.05, 0) is 24.6 Å². The first-order valence-electron chi connectivity index (χ1n) is 5.19. The van der Waals surface area contributed by atoms with Gasteiger partial charge in [-0.1, -0.05) is 28.1 Å². The van der Waals surface area contributed by atoms with Gasteiger partial charge in [-0.2, -0.15) is 5.10 Å². The molecule has 0 saturated carbocycles. The Morgan fingerprint density at radius 2 is 2.35 bits per heavy atom. The van der Waals surface area contributed by atoms with Crippen molar-refractivity contribution in [1.29, 1.82) is 0 Å². The maximum atomic E-state index is 11.8. The molecular formula is C12H12BrN3O. The molecule has 1 amide bonds. The zero-order valence-electron chi connectivity index (χ0n) is 9.33. The number of rotatable bonds is 3. The number of aromatic nitrogens is 2. The molecule has 2 N–H and O–H groups in total. The summed E-state index contributed by atoms with van der Waals surface area (Å²) < 4.78 is 1.00. The van der Waals surface area contributed by atoms with E-state index < -0.39 is 0 Å². The van der Waals surface area contributed by atoms with E-state index in [1.807, 2.05) is 31.2 Å². The van der Waals surface area contributed by atoms with Gasteiger partial charge in [-0.25, -0.2) is 0 Å². The zero-order chi connectivity index (χ0) is 12.3. The minimum atomic E-state index is -0.115. The highest BCUT2D eigenvalue weighted by Crippen LogP contribution is 2.11. The van der Waals surface area contributed by atoms with Gasteiger partial charge < -0.3 is 5.32 Å². The molecule has 0 aliphatic carbocycles. The number of aryl methyl sites for hydroxylation is 1. The number of hydrogen-bond acceptors (Lipinski definition) is 2. The summed E-state index contributed by atoms with van der Waals surface area (Å²) in [4.78, 5) is 11.8. The number of carbonyl (C=O) groups is 1. The van der Waals surface area contributed by atoms with E-state index >= 15 is 0 Å². The topological polar surface area (TPSA) is 57.8 Å². The number of carbonyl (C=O) groups excluding carboxylic acids is 1. The van der Waals surface area contributed by atoms with Gasteiger partial charge in [0.1, 0.15) is 0 Å². The Labute approximate surface area is 108 Å². The second-order valence-electron chi connectivity index (χ2n) is 3.72. The van der Waals surface area contributed by atoms with Crippen LogP contribution in [0.15, 0.2) is 34.9 Å². The SMILES string of the molecule is Cc1[nH]ncc1C(=O)NCc1cccc(Br)c1. The van der Waals surface area contributed by atoms with Crippen LogP contribution in [0, 0.1) is 6.92 Å². The third-order valence-electron chi connectivity index (χ3n) is 2.42. The Kier molecular flexibility index (Phi) is 3.58. The Bertz CT molecular complexity index is 536. The number of amides is 1. The number of benzene rings is 1. The predicted octanol–water partition coefficient (Wildman–Crippen LogP) is 2.41. The first-order chi connectivity index (χ1) is 8.16. The van der Waals surface area contributed by atoms with E-state index in [0.717, 1.165) is 15.7 Å². The lowest BCUT2D eigenvalue weighted by Gasteiger charge is -2.04. The maximum absolute atomic E-state index is 11.8. The van der Waals surface area contributed by atoms with Crippen LogP contribution in [-0.2, 0) is 6.54 Å². The molecule has 0 unspecified atom stereocenters. The summed E-state index contributed by atoms with van der Waals surface area (Å²) in [6.45, 7) is 2.32.